The normalized spacial score (nSPS) is 11.5. The third-order valence-corrected chi connectivity index (χ3v) is 5.32. The molecule has 0 spiro atoms. The Hall–Kier alpha value is -3.97. The van der Waals surface area contributed by atoms with E-state index in [1.165, 1.54) is 0 Å². The maximum absolute atomic E-state index is 12.8. The van der Waals surface area contributed by atoms with Crippen molar-refractivity contribution in [3.63, 3.8) is 0 Å². The summed E-state index contributed by atoms with van der Waals surface area (Å²) in [4.78, 5) is 29.7. The number of nitrogens with one attached hydrogen (secondary N) is 2. The summed E-state index contributed by atoms with van der Waals surface area (Å²) in [5, 5.41) is 10.3. The molecular formula is C25H22ClN5O2. The van der Waals surface area contributed by atoms with Crippen LogP contribution in [-0.2, 0) is 11.3 Å². The molecule has 1 unspecified atom stereocenters. The number of hydrogen-bond donors (Lipinski definition) is 2. The Balaban J connectivity index is 1.43. The van der Waals surface area contributed by atoms with E-state index >= 15 is 0 Å². The van der Waals surface area contributed by atoms with Crippen LogP contribution >= 0.6 is 11.6 Å². The lowest BCUT2D eigenvalue weighted by atomic mass is 10.0. The van der Waals surface area contributed by atoms with Crippen molar-refractivity contribution in [3.8, 4) is 0 Å². The summed E-state index contributed by atoms with van der Waals surface area (Å²) in [6.45, 7) is 0.546. The first-order valence-electron chi connectivity index (χ1n) is 10.4. The van der Waals surface area contributed by atoms with Gasteiger partial charge in [-0.05, 0) is 23.3 Å². The number of amides is 2. The molecule has 8 heteroatoms. The van der Waals surface area contributed by atoms with Crippen molar-refractivity contribution < 1.29 is 9.59 Å². The van der Waals surface area contributed by atoms with Crippen molar-refractivity contribution in [3.05, 3.63) is 113 Å². The van der Waals surface area contributed by atoms with Crippen LogP contribution in [0.25, 0.3) is 0 Å². The monoisotopic (exact) mass is 459 g/mol. The first-order chi connectivity index (χ1) is 16.1. The molecule has 2 amide bonds. The first kappa shape index (κ1) is 22.2. The van der Waals surface area contributed by atoms with Gasteiger partial charge in [0.15, 0.2) is 0 Å². The molecule has 0 aliphatic carbocycles. The van der Waals surface area contributed by atoms with Crippen LogP contribution in [0.4, 0.5) is 5.95 Å². The average Bonchev–Trinajstić information content (AvgIpc) is 3.26. The quantitative estimate of drug-likeness (QED) is 0.406. The van der Waals surface area contributed by atoms with Crippen LogP contribution < -0.4 is 10.6 Å². The summed E-state index contributed by atoms with van der Waals surface area (Å²) in [6.07, 6.45) is 1.57. The summed E-state index contributed by atoms with van der Waals surface area (Å²) in [5.41, 5.74) is 2.23. The zero-order valence-electron chi connectivity index (χ0n) is 17.7. The molecule has 1 heterocycles. The van der Waals surface area contributed by atoms with Gasteiger partial charge in [0.25, 0.3) is 5.91 Å². The van der Waals surface area contributed by atoms with Crippen LogP contribution in [0.2, 0.25) is 5.02 Å². The number of rotatable bonds is 8. The van der Waals surface area contributed by atoms with Gasteiger partial charge in [-0.1, -0.05) is 84.4 Å². The van der Waals surface area contributed by atoms with Crippen LogP contribution in [0.15, 0.2) is 91.3 Å². The highest BCUT2D eigenvalue weighted by Gasteiger charge is 2.21. The number of aromatic nitrogens is 3. The van der Waals surface area contributed by atoms with Gasteiger partial charge in [0, 0.05) is 0 Å². The molecule has 1 aromatic heterocycles. The molecular weight excluding hydrogens is 438 g/mol. The fourth-order valence-corrected chi connectivity index (χ4v) is 3.60. The predicted molar refractivity (Wildman–Crippen MR) is 127 cm³/mol. The minimum absolute atomic E-state index is 0.00737. The second-order valence-corrected chi connectivity index (χ2v) is 7.83. The van der Waals surface area contributed by atoms with Gasteiger partial charge < -0.3 is 5.32 Å². The van der Waals surface area contributed by atoms with Gasteiger partial charge in [0.05, 0.1) is 29.6 Å². The second-order valence-electron chi connectivity index (χ2n) is 7.42. The maximum Gasteiger partial charge on any atom is 0.253 e. The lowest BCUT2D eigenvalue weighted by Gasteiger charge is -2.19. The Morgan fingerprint density at radius 1 is 0.909 bits per heavy atom. The molecule has 0 aliphatic heterocycles. The summed E-state index contributed by atoms with van der Waals surface area (Å²) < 4.78 is 1.65. The molecule has 0 saturated carbocycles. The Kier molecular flexibility index (Phi) is 7.12. The molecule has 0 aliphatic rings. The van der Waals surface area contributed by atoms with Gasteiger partial charge in [-0.3, -0.25) is 14.9 Å². The van der Waals surface area contributed by atoms with E-state index in [0.717, 1.165) is 11.1 Å². The van der Waals surface area contributed by atoms with Crippen molar-refractivity contribution in [2.24, 2.45) is 0 Å². The highest BCUT2D eigenvalue weighted by molar-refractivity contribution is 6.33. The number of halogens is 1. The van der Waals surface area contributed by atoms with Gasteiger partial charge in [0.1, 0.15) is 6.33 Å². The molecule has 0 bridgehead atoms. The molecule has 0 saturated heterocycles. The van der Waals surface area contributed by atoms with Crippen LogP contribution in [0.5, 0.6) is 0 Å². The van der Waals surface area contributed by atoms with E-state index < -0.39 is 6.04 Å². The number of carbonyl (C=O) groups excluding carboxylic acids is 2. The minimum atomic E-state index is -0.554. The summed E-state index contributed by atoms with van der Waals surface area (Å²) in [5.74, 6) is -0.464. The van der Waals surface area contributed by atoms with Crippen LogP contribution in [-0.4, -0.2) is 26.6 Å². The molecule has 7 nitrogen and oxygen atoms in total. The average molecular weight is 460 g/mol. The Morgan fingerprint density at radius 2 is 1.58 bits per heavy atom. The Morgan fingerprint density at radius 3 is 2.30 bits per heavy atom. The fraction of sp³-hybridized carbons (Fsp3) is 0.120. The van der Waals surface area contributed by atoms with E-state index in [1.807, 2.05) is 60.7 Å². The molecule has 1 atom stereocenters. The van der Waals surface area contributed by atoms with Crippen LogP contribution in [0, 0.1) is 0 Å². The topological polar surface area (TPSA) is 88.9 Å². The maximum atomic E-state index is 12.8. The van der Waals surface area contributed by atoms with Crippen molar-refractivity contribution in [1.29, 1.82) is 0 Å². The Labute approximate surface area is 196 Å². The van der Waals surface area contributed by atoms with Gasteiger partial charge >= 0.3 is 0 Å². The molecule has 4 aromatic rings. The number of benzene rings is 3. The zero-order chi connectivity index (χ0) is 23.0. The molecule has 0 radical (unpaired) electrons. The lowest BCUT2D eigenvalue weighted by Crippen LogP contribution is -2.31. The highest BCUT2D eigenvalue weighted by atomic mass is 35.5. The zero-order valence-corrected chi connectivity index (χ0v) is 18.4. The third kappa shape index (κ3) is 6.05. The van der Waals surface area contributed by atoms with E-state index in [9.17, 15) is 9.59 Å². The van der Waals surface area contributed by atoms with Crippen LogP contribution in [0.3, 0.4) is 0 Å². The largest absolute Gasteiger partial charge is 0.345 e. The smallest absolute Gasteiger partial charge is 0.253 e. The standard InChI is InChI=1S/C25H22ClN5O2/c26-21-14-8-7-13-20(21)24(33)28-22(19-11-5-2-6-12-19)15-23(32)29-25-27-17-31(30-25)16-18-9-3-1-4-10-18/h1-14,17,22H,15-16H2,(H,28,33)(H,29,30,32). The number of nitrogens with zero attached hydrogens (tertiary/aromatic N) is 3. The van der Waals surface area contributed by atoms with Crippen LogP contribution in [0.1, 0.15) is 33.9 Å². The van der Waals surface area contributed by atoms with Gasteiger partial charge in [-0.2, -0.15) is 0 Å². The fourth-order valence-electron chi connectivity index (χ4n) is 3.38. The first-order valence-corrected chi connectivity index (χ1v) is 10.8. The van der Waals surface area contributed by atoms with Crippen molar-refractivity contribution in [2.75, 3.05) is 5.32 Å². The lowest BCUT2D eigenvalue weighted by molar-refractivity contribution is -0.116. The molecule has 3 aromatic carbocycles. The molecule has 166 valence electrons. The van der Waals surface area contributed by atoms with Gasteiger partial charge in [-0.25, -0.2) is 9.67 Å². The summed E-state index contributed by atoms with van der Waals surface area (Å²) in [7, 11) is 0. The molecule has 33 heavy (non-hydrogen) atoms. The molecule has 0 fully saturated rings. The van der Waals surface area contributed by atoms with Gasteiger partial charge in [0.2, 0.25) is 11.9 Å². The third-order valence-electron chi connectivity index (χ3n) is 4.99. The van der Waals surface area contributed by atoms with Crippen molar-refractivity contribution in [1.82, 2.24) is 20.1 Å². The van der Waals surface area contributed by atoms with E-state index in [1.54, 1.807) is 35.3 Å². The summed E-state index contributed by atoms with van der Waals surface area (Å²) in [6, 6.07) is 25.4. The van der Waals surface area contributed by atoms with E-state index in [0.29, 0.717) is 17.1 Å². The number of carbonyl (C=O) groups is 2. The molecule has 4 rings (SSSR count). The predicted octanol–water partition coefficient (Wildman–Crippen LogP) is 4.48. The Bertz CT molecular complexity index is 1230. The van der Waals surface area contributed by atoms with E-state index in [2.05, 4.69) is 20.7 Å². The minimum Gasteiger partial charge on any atom is -0.345 e. The second kappa shape index (κ2) is 10.6. The summed E-state index contributed by atoms with van der Waals surface area (Å²) >= 11 is 6.16. The van der Waals surface area contributed by atoms with Crippen molar-refractivity contribution >= 4 is 29.4 Å². The van der Waals surface area contributed by atoms with E-state index in [-0.39, 0.29) is 24.2 Å². The van der Waals surface area contributed by atoms with Gasteiger partial charge in [-0.15, -0.1) is 5.10 Å². The highest BCUT2D eigenvalue weighted by Crippen LogP contribution is 2.21. The number of hydrogen-bond acceptors (Lipinski definition) is 4. The van der Waals surface area contributed by atoms with Crippen molar-refractivity contribution in [2.45, 2.75) is 19.0 Å². The van der Waals surface area contributed by atoms with E-state index in [4.69, 9.17) is 11.6 Å². The molecule has 2 N–H and O–H groups in total. The SMILES string of the molecule is O=C(CC(NC(=O)c1ccccc1Cl)c1ccccc1)Nc1ncn(Cc2ccccc2)n1. The number of anilines is 1.